The quantitative estimate of drug-likeness (QED) is 0.554. The van der Waals surface area contributed by atoms with E-state index >= 15 is 0 Å². The van der Waals surface area contributed by atoms with Crippen molar-refractivity contribution in [1.82, 2.24) is 10.2 Å². The van der Waals surface area contributed by atoms with Gasteiger partial charge in [0.1, 0.15) is 0 Å². The molecule has 0 aliphatic rings. The van der Waals surface area contributed by atoms with Crippen molar-refractivity contribution >= 4 is 17.5 Å². The maximum Gasteiger partial charge on any atom is 0.255 e. The van der Waals surface area contributed by atoms with Crippen LogP contribution >= 0.6 is 0 Å². The number of benzene rings is 3. The number of anilines is 1. The number of amides is 2. The minimum Gasteiger partial charge on any atom is -0.352 e. The molecule has 0 unspecified atom stereocenters. The van der Waals surface area contributed by atoms with Crippen LogP contribution in [-0.2, 0) is 0 Å². The maximum absolute atomic E-state index is 12.7. The molecule has 0 saturated carbocycles. The zero-order valence-corrected chi connectivity index (χ0v) is 17.4. The van der Waals surface area contributed by atoms with Gasteiger partial charge in [0.15, 0.2) is 0 Å². The zero-order valence-electron chi connectivity index (χ0n) is 17.4. The Morgan fingerprint density at radius 1 is 0.767 bits per heavy atom. The highest BCUT2D eigenvalue weighted by Gasteiger charge is 2.14. The molecule has 2 amide bonds. The third-order valence-corrected chi connectivity index (χ3v) is 4.74. The molecule has 0 atom stereocenters. The van der Waals surface area contributed by atoms with E-state index in [1.54, 1.807) is 36.4 Å². The summed E-state index contributed by atoms with van der Waals surface area (Å²) in [6.45, 7) is 1.48. The van der Waals surface area contributed by atoms with Gasteiger partial charge in [0.05, 0.1) is 11.3 Å². The molecular formula is C25H27N3O2. The lowest BCUT2D eigenvalue weighted by molar-refractivity contribution is 0.0953. The fourth-order valence-electron chi connectivity index (χ4n) is 3.12. The van der Waals surface area contributed by atoms with Gasteiger partial charge in [0.25, 0.3) is 11.8 Å². The lowest BCUT2D eigenvalue weighted by Gasteiger charge is -2.13. The number of nitrogens with zero attached hydrogens (tertiary/aromatic N) is 1. The Morgan fingerprint density at radius 2 is 1.40 bits per heavy atom. The van der Waals surface area contributed by atoms with Crippen molar-refractivity contribution in [2.75, 3.05) is 32.5 Å². The first kappa shape index (κ1) is 21.3. The van der Waals surface area contributed by atoms with Crippen molar-refractivity contribution in [2.45, 2.75) is 6.42 Å². The maximum atomic E-state index is 12.7. The summed E-state index contributed by atoms with van der Waals surface area (Å²) in [5.74, 6) is -0.438. The van der Waals surface area contributed by atoms with E-state index < -0.39 is 0 Å². The van der Waals surface area contributed by atoms with Gasteiger partial charge in [-0.05, 0) is 62.5 Å². The summed E-state index contributed by atoms with van der Waals surface area (Å²) < 4.78 is 0. The minimum atomic E-state index is -0.248. The molecule has 3 aromatic rings. The minimum absolute atomic E-state index is 0.191. The second kappa shape index (κ2) is 10.4. The smallest absolute Gasteiger partial charge is 0.255 e. The Labute approximate surface area is 177 Å². The van der Waals surface area contributed by atoms with E-state index in [1.807, 2.05) is 56.6 Å². The normalized spacial score (nSPS) is 10.6. The number of hydrogen-bond acceptors (Lipinski definition) is 3. The molecule has 3 aromatic carbocycles. The van der Waals surface area contributed by atoms with Crippen LogP contribution in [0, 0.1) is 0 Å². The lowest BCUT2D eigenvalue weighted by atomic mass is 10.0. The predicted molar refractivity (Wildman–Crippen MR) is 122 cm³/mol. The molecular weight excluding hydrogens is 374 g/mol. The highest BCUT2D eigenvalue weighted by Crippen LogP contribution is 2.21. The first-order valence-electron chi connectivity index (χ1n) is 10.0. The molecule has 0 aliphatic heterocycles. The number of hydrogen-bond donors (Lipinski definition) is 2. The molecule has 0 aromatic heterocycles. The molecule has 0 aliphatic carbocycles. The SMILES string of the molecule is CN(C)CCCNC(=O)c1ccccc1NC(=O)c1ccc(-c2ccccc2)cc1. The van der Waals surface area contributed by atoms with Gasteiger partial charge in [0.2, 0.25) is 0 Å². The summed E-state index contributed by atoms with van der Waals surface area (Å²) in [4.78, 5) is 27.4. The van der Waals surface area contributed by atoms with Crippen LogP contribution in [0.25, 0.3) is 11.1 Å². The van der Waals surface area contributed by atoms with Gasteiger partial charge in [-0.3, -0.25) is 9.59 Å². The predicted octanol–water partition coefficient (Wildman–Crippen LogP) is 4.29. The van der Waals surface area contributed by atoms with Gasteiger partial charge >= 0.3 is 0 Å². The van der Waals surface area contributed by atoms with Crippen LogP contribution in [0.4, 0.5) is 5.69 Å². The summed E-state index contributed by atoms with van der Waals surface area (Å²) in [5, 5.41) is 5.78. The van der Waals surface area contributed by atoms with Gasteiger partial charge in [-0.2, -0.15) is 0 Å². The van der Waals surface area contributed by atoms with Crippen molar-refractivity contribution in [3.05, 3.63) is 90.0 Å². The van der Waals surface area contributed by atoms with E-state index in [9.17, 15) is 9.59 Å². The highest BCUT2D eigenvalue weighted by molar-refractivity contribution is 6.09. The van der Waals surface area contributed by atoms with Crippen LogP contribution in [0.2, 0.25) is 0 Å². The van der Waals surface area contributed by atoms with Crippen molar-refractivity contribution in [3.63, 3.8) is 0 Å². The van der Waals surface area contributed by atoms with Gasteiger partial charge in [-0.1, -0.05) is 54.6 Å². The van der Waals surface area contributed by atoms with E-state index in [4.69, 9.17) is 0 Å². The monoisotopic (exact) mass is 401 g/mol. The number of rotatable bonds is 8. The topological polar surface area (TPSA) is 61.4 Å². The van der Waals surface area contributed by atoms with Crippen LogP contribution < -0.4 is 10.6 Å². The fraction of sp³-hybridized carbons (Fsp3) is 0.200. The fourth-order valence-corrected chi connectivity index (χ4v) is 3.12. The number of nitrogens with one attached hydrogen (secondary N) is 2. The molecule has 2 N–H and O–H groups in total. The van der Waals surface area contributed by atoms with Crippen LogP contribution in [0.3, 0.4) is 0 Å². The number of carbonyl (C=O) groups excluding carboxylic acids is 2. The Balaban J connectivity index is 1.66. The molecule has 0 spiro atoms. The van der Waals surface area contributed by atoms with Crippen molar-refractivity contribution in [2.24, 2.45) is 0 Å². The average molecular weight is 402 g/mol. The van der Waals surface area contributed by atoms with E-state index in [0.717, 1.165) is 24.1 Å². The van der Waals surface area contributed by atoms with Crippen molar-refractivity contribution in [1.29, 1.82) is 0 Å². The largest absolute Gasteiger partial charge is 0.352 e. The third kappa shape index (κ3) is 5.78. The number of para-hydroxylation sites is 1. The summed E-state index contributed by atoms with van der Waals surface area (Å²) in [5.41, 5.74) is 3.64. The Kier molecular flexibility index (Phi) is 7.35. The first-order valence-corrected chi connectivity index (χ1v) is 10.0. The summed E-state index contributed by atoms with van der Waals surface area (Å²) in [6.07, 6.45) is 0.862. The molecule has 0 saturated heterocycles. The zero-order chi connectivity index (χ0) is 21.3. The molecule has 5 nitrogen and oxygen atoms in total. The third-order valence-electron chi connectivity index (χ3n) is 4.74. The highest BCUT2D eigenvalue weighted by atomic mass is 16.2. The van der Waals surface area contributed by atoms with Crippen LogP contribution in [0.5, 0.6) is 0 Å². The molecule has 0 radical (unpaired) electrons. The van der Waals surface area contributed by atoms with E-state index in [-0.39, 0.29) is 11.8 Å². The molecule has 30 heavy (non-hydrogen) atoms. The van der Waals surface area contributed by atoms with Crippen molar-refractivity contribution in [3.8, 4) is 11.1 Å². The number of carbonyl (C=O) groups is 2. The first-order chi connectivity index (χ1) is 14.5. The molecule has 0 bridgehead atoms. The van der Waals surface area contributed by atoms with Crippen LogP contribution in [0.1, 0.15) is 27.1 Å². The van der Waals surface area contributed by atoms with Gasteiger partial charge < -0.3 is 15.5 Å². The van der Waals surface area contributed by atoms with Crippen LogP contribution in [0.15, 0.2) is 78.9 Å². The van der Waals surface area contributed by atoms with Gasteiger partial charge in [-0.25, -0.2) is 0 Å². The van der Waals surface area contributed by atoms with Crippen molar-refractivity contribution < 1.29 is 9.59 Å². The average Bonchev–Trinajstić information content (AvgIpc) is 2.77. The lowest BCUT2D eigenvalue weighted by Crippen LogP contribution is -2.28. The molecule has 3 rings (SSSR count). The summed E-state index contributed by atoms with van der Waals surface area (Å²) >= 11 is 0. The molecule has 0 heterocycles. The van der Waals surface area contributed by atoms with E-state index in [2.05, 4.69) is 15.5 Å². The molecule has 154 valence electrons. The second-order valence-corrected chi connectivity index (χ2v) is 7.36. The molecule has 0 fully saturated rings. The summed E-state index contributed by atoms with van der Waals surface area (Å²) in [7, 11) is 4.00. The van der Waals surface area contributed by atoms with E-state index in [1.165, 1.54) is 0 Å². The van der Waals surface area contributed by atoms with Gasteiger partial charge in [-0.15, -0.1) is 0 Å². The molecule has 5 heteroatoms. The van der Waals surface area contributed by atoms with Gasteiger partial charge in [0, 0.05) is 12.1 Å². The van der Waals surface area contributed by atoms with E-state index in [0.29, 0.717) is 23.4 Å². The summed E-state index contributed by atoms with van der Waals surface area (Å²) in [6, 6.07) is 24.5. The Bertz CT molecular complexity index is 983. The Hall–Kier alpha value is -3.44. The second-order valence-electron chi connectivity index (χ2n) is 7.36. The Morgan fingerprint density at radius 3 is 2.10 bits per heavy atom. The van der Waals surface area contributed by atoms with Crippen LogP contribution in [-0.4, -0.2) is 43.9 Å². The standard InChI is InChI=1S/C25H27N3O2/c1-28(2)18-8-17-26-25(30)22-11-6-7-12-23(22)27-24(29)21-15-13-20(14-16-21)19-9-4-3-5-10-19/h3-7,9-16H,8,17-18H2,1-2H3,(H,26,30)(H,27,29).